The number of hydrogen-bond donors (Lipinski definition) is 2. The van der Waals surface area contributed by atoms with Crippen molar-refractivity contribution in [2.45, 2.75) is 31.5 Å². The highest BCUT2D eigenvalue weighted by Crippen LogP contribution is 2.21. The fourth-order valence-electron chi connectivity index (χ4n) is 3.78. The van der Waals surface area contributed by atoms with Gasteiger partial charge in [-0.05, 0) is 23.3 Å². The van der Waals surface area contributed by atoms with Gasteiger partial charge in [0, 0.05) is 18.4 Å². The summed E-state index contributed by atoms with van der Waals surface area (Å²) in [6.07, 6.45) is 2.29. The lowest BCUT2D eigenvalue weighted by Crippen LogP contribution is -3.13. The Bertz CT molecular complexity index is 885. The molecule has 2 N–H and O–H groups in total. The number of amides is 1. The average molecular weight is 389 g/mol. The highest BCUT2D eigenvalue weighted by Gasteiger charge is 2.35. The van der Waals surface area contributed by atoms with Gasteiger partial charge in [0.2, 0.25) is 0 Å². The molecule has 1 fully saturated rings. The average Bonchev–Trinajstić information content (AvgIpc) is 3.60. The number of carbonyl (C=O) groups excluding carboxylic acids is 1. The SMILES string of the molecule is O=C(C[NH+](Cc1ccc(F)cc1)C1CC1)NC(c1ccccc1)c1ccccc1. The molecule has 1 saturated carbocycles. The third-order valence-electron chi connectivity index (χ3n) is 5.46. The summed E-state index contributed by atoms with van der Waals surface area (Å²) in [5, 5.41) is 3.24. The van der Waals surface area contributed by atoms with Crippen molar-refractivity contribution in [3.63, 3.8) is 0 Å². The van der Waals surface area contributed by atoms with E-state index in [0.717, 1.165) is 36.1 Å². The van der Waals surface area contributed by atoms with Crippen LogP contribution in [0.4, 0.5) is 4.39 Å². The first-order chi connectivity index (χ1) is 14.2. The Hall–Kier alpha value is -2.98. The van der Waals surface area contributed by atoms with Crippen LogP contribution in [0.3, 0.4) is 0 Å². The largest absolute Gasteiger partial charge is 0.340 e. The van der Waals surface area contributed by atoms with Crippen LogP contribution in [0.5, 0.6) is 0 Å². The van der Waals surface area contributed by atoms with Gasteiger partial charge < -0.3 is 10.2 Å². The molecular weight excluding hydrogens is 363 g/mol. The molecule has 4 heteroatoms. The summed E-state index contributed by atoms with van der Waals surface area (Å²) in [7, 11) is 0. The van der Waals surface area contributed by atoms with Crippen LogP contribution in [0.1, 0.15) is 35.6 Å². The quantitative estimate of drug-likeness (QED) is 0.609. The molecule has 148 valence electrons. The lowest BCUT2D eigenvalue weighted by Gasteiger charge is -2.23. The predicted molar refractivity (Wildman–Crippen MR) is 112 cm³/mol. The summed E-state index contributed by atoms with van der Waals surface area (Å²) in [5.74, 6) is -0.195. The molecule has 1 amide bonds. The molecule has 0 bridgehead atoms. The summed E-state index contributed by atoms with van der Waals surface area (Å²) in [4.78, 5) is 14.2. The Morgan fingerprint density at radius 3 is 1.97 bits per heavy atom. The first kappa shape index (κ1) is 19.3. The number of hydrogen-bond acceptors (Lipinski definition) is 1. The monoisotopic (exact) mass is 389 g/mol. The molecule has 3 aromatic rings. The Labute approximate surface area is 171 Å². The molecule has 0 radical (unpaired) electrons. The van der Waals surface area contributed by atoms with E-state index in [1.807, 2.05) is 72.8 Å². The van der Waals surface area contributed by atoms with E-state index in [0.29, 0.717) is 12.6 Å². The van der Waals surface area contributed by atoms with E-state index < -0.39 is 0 Å². The topological polar surface area (TPSA) is 33.5 Å². The number of quaternary nitrogens is 1. The molecule has 1 unspecified atom stereocenters. The maximum absolute atomic E-state index is 13.2. The van der Waals surface area contributed by atoms with Crippen molar-refractivity contribution in [1.29, 1.82) is 0 Å². The van der Waals surface area contributed by atoms with Gasteiger partial charge >= 0.3 is 0 Å². The zero-order valence-corrected chi connectivity index (χ0v) is 16.4. The van der Waals surface area contributed by atoms with E-state index in [4.69, 9.17) is 0 Å². The number of halogens is 1. The zero-order valence-electron chi connectivity index (χ0n) is 16.4. The Morgan fingerprint density at radius 1 is 0.897 bits per heavy atom. The van der Waals surface area contributed by atoms with Crippen LogP contribution in [0.25, 0.3) is 0 Å². The van der Waals surface area contributed by atoms with Gasteiger partial charge in [0.05, 0.1) is 12.1 Å². The molecule has 0 aliphatic heterocycles. The standard InChI is InChI=1S/C25H25FN2O/c26-22-13-11-19(12-14-22)17-28(23-15-16-23)18-24(29)27-25(20-7-3-1-4-8-20)21-9-5-2-6-10-21/h1-14,23,25H,15-18H2,(H,27,29)/p+1. The lowest BCUT2D eigenvalue weighted by molar-refractivity contribution is -0.917. The van der Waals surface area contributed by atoms with Crippen LogP contribution in [-0.2, 0) is 11.3 Å². The second kappa shape index (κ2) is 9.01. The maximum Gasteiger partial charge on any atom is 0.275 e. The van der Waals surface area contributed by atoms with E-state index in [1.165, 1.54) is 17.0 Å². The van der Waals surface area contributed by atoms with Crippen LogP contribution in [0.15, 0.2) is 84.9 Å². The first-order valence-corrected chi connectivity index (χ1v) is 10.2. The summed E-state index contributed by atoms with van der Waals surface area (Å²) in [6.45, 7) is 1.15. The van der Waals surface area contributed by atoms with Gasteiger partial charge in [-0.2, -0.15) is 0 Å². The summed E-state index contributed by atoms with van der Waals surface area (Å²) < 4.78 is 13.2. The molecule has 0 saturated heterocycles. The summed E-state index contributed by atoms with van der Waals surface area (Å²) >= 11 is 0. The predicted octanol–water partition coefficient (Wildman–Crippen LogP) is 3.28. The van der Waals surface area contributed by atoms with Gasteiger partial charge in [0.1, 0.15) is 12.4 Å². The van der Waals surface area contributed by atoms with Crippen LogP contribution in [-0.4, -0.2) is 18.5 Å². The lowest BCUT2D eigenvalue weighted by atomic mass is 9.98. The molecule has 3 aromatic carbocycles. The first-order valence-electron chi connectivity index (χ1n) is 10.2. The molecule has 0 aromatic heterocycles. The zero-order chi connectivity index (χ0) is 20.1. The highest BCUT2D eigenvalue weighted by molar-refractivity contribution is 5.78. The van der Waals surface area contributed by atoms with Crippen LogP contribution in [0, 0.1) is 5.82 Å². The number of nitrogens with one attached hydrogen (secondary N) is 2. The van der Waals surface area contributed by atoms with Gasteiger partial charge in [0.25, 0.3) is 5.91 Å². The molecule has 4 rings (SSSR count). The summed E-state index contributed by atoms with van der Waals surface area (Å²) in [6, 6.07) is 27.1. The Kier molecular flexibility index (Phi) is 6.01. The molecule has 1 aliphatic rings. The Balaban J connectivity index is 1.47. The molecule has 3 nitrogen and oxygen atoms in total. The van der Waals surface area contributed by atoms with Crippen LogP contribution < -0.4 is 10.2 Å². The van der Waals surface area contributed by atoms with Gasteiger partial charge in [-0.1, -0.05) is 72.8 Å². The molecule has 0 spiro atoms. The normalized spacial score (nSPS) is 14.6. The van der Waals surface area contributed by atoms with Crippen LogP contribution >= 0.6 is 0 Å². The minimum absolute atomic E-state index is 0.0340. The third-order valence-corrected chi connectivity index (χ3v) is 5.46. The van der Waals surface area contributed by atoms with Crippen molar-refractivity contribution in [3.05, 3.63) is 107 Å². The molecule has 0 heterocycles. The molecular formula is C25H26FN2O+. The third kappa shape index (κ3) is 5.30. The smallest absolute Gasteiger partial charge is 0.275 e. The number of rotatable bonds is 8. The van der Waals surface area contributed by atoms with E-state index in [2.05, 4.69) is 5.32 Å². The van der Waals surface area contributed by atoms with Crippen molar-refractivity contribution in [2.24, 2.45) is 0 Å². The van der Waals surface area contributed by atoms with E-state index in [9.17, 15) is 9.18 Å². The van der Waals surface area contributed by atoms with E-state index in [-0.39, 0.29) is 17.8 Å². The minimum atomic E-state index is -0.229. The van der Waals surface area contributed by atoms with Crippen molar-refractivity contribution in [2.75, 3.05) is 6.54 Å². The minimum Gasteiger partial charge on any atom is -0.340 e. The van der Waals surface area contributed by atoms with Gasteiger partial charge in [0.15, 0.2) is 6.54 Å². The second-order valence-corrected chi connectivity index (χ2v) is 7.73. The second-order valence-electron chi connectivity index (χ2n) is 7.73. The van der Waals surface area contributed by atoms with Gasteiger partial charge in [-0.15, -0.1) is 0 Å². The van der Waals surface area contributed by atoms with Crippen molar-refractivity contribution in [3.8, 4) is 0 Å². The highest BCUT2D eigenvalue weighted by atomic mass is 19.1. The van der Waals surface area contributed by atoms with Crippen molar-refractivity contribution >= 4 is 5.91 Å². The number of benzene rings is 3. The molecule has 29 heavy (non-hydrogen) atoms. The number of carbonyl (C=O) groups is 1. The summed E-state index contributed by atoms with van der Waals surface area (Å²) in [5.41, 5.74) is 3.20. The van der Waals surface area contributed by atoms with E-state index in [1.54, 1.807) is 0 Å². The van der Waals surface area contributed by atoms with Crippen molar-refractivity contribution < 1.29 is 14.1 Å². The van der Waals surface area contributed by atoms with Crippen LogP contribution in [0.2, 0.25) is 0 Å². The fraction of sp³-hybridized carbons (Fsp3) is 0.240. The maximum atomic E-state index is 13.2. The van der Waals surface area contributed by atoms with Crippen molar-refractivity contribution in [1.82, 2.24) is 5.32 Å². The van der Waals surface area contributed by atoms with E-state index >= 15 is 0 Å². The molecule has 1 aliphatic carbocycles. The fourth-order valence-corrected chi connectivity index (χ4v) is 3.78. The van der Waals surface area contributed by atoms with Gasteiger partial charge in [-0.25, -0.2) is 4.39 Å². The Morgan fingerprint density at radius 2 is 1.45 bits per heavy atom. The van der Waals surface area contributed by atoms with Gasteiger partial charge in [-0.3, -0.25) is 4.79 Å². The molecule has 1 atom stereocenters.